The molecule has 148 valence electrons. The quantitative estimate of drug-likeness (QED) is 0.375. The number of rotatable bonds is 6. The van der Waals surface area contributed by atoms with Crippen molar-refractivity contribution < 1.29 is 9.13 Å². The molecule has 1 fully saturated rings. The van der Waals surface area contributed by atoms with E-state index in [0.29, 0.717) is 24.5 Å². The Labute approximate surface area is 173 Å². The molecule has 1 aromatic carbocycles. The van der Waals surface area contributed by atoms with Crippen molar-refractivity contribution in [3.63, 3.8) is 0 Å². The van der Waals surface area contributed by atoms with Crippen LogP contribution in [0.3, 0.4) is 0 Å². The van der Waals surface area contributed by atoms with Gasteiger partial charge in [-0.05, 0) is 38.8 Å². The predicted octanol–water partition coefficient (Wildman–Crippen LogP) is 3.10. The number of para-hydroxylation sites is 1. The van der Waals surface area contributed by atoms with Crippen molar-refractivity contribution >= 4 is 29.9 Å². The molecule has 0 bridgehead atoms. The van der Waals surface area contributed by atoms with E-state index in [9.17, 15) is 4.39 Å². The Hall–Kier alpha value is -1.09. The molecule has 2 N–H and O–H groups in total. The highest BCUT2D eigenvalue weighted by molar-refractivity contribution is 14.0. The highest BCUT2D eigenvalue weighted by Gasteiger charge is 2.31. The molecule has 1 aliphatic rings. The largest absolute Gasteiger partial charge is 0.486 e. The van der Waals surface area contributed by atoms with Gasteiger partial charge in [-0.15, -0.1) is 24.0 Å². The fraction of sp³-hybridized carbons (Fsp3) is 0.632. The lowest BCUT2D eigenvalue weighted by atomic mass is 10.1. The molecule has 3 unspecified atom stereocenters. The lowest BCUT2D eigenvalue weighted by Gasteiger charge is -2.23. The monoisotopic (exact) mass is 478 g/mol. The summed E-state index contributed by atoms with van der Waals surface area (Å²) in [5.74, 6) is 1.25. The van der Waals surface area contributed by atoms with E-state index in [1.807, 2.05) is 6.92 Å². The summed E-state index contributed by atoms with van der Waals surface area (Å²) in [7, 11) is 1.76. The number of hydrogen-bond donors (Lipinski definition) is 2. The van der Waals surface area contributed by atoms with Crippen LogP contribution < -0.4 is 15.4 Å². The Morgan fingerprint density at radius 1 is 1.31 bits per heavy atom. The molecule has 1 aliphatic heterocycles. The summed E-state index contributed by atoms with van der Waals surface area (Å²) in [4.78, 5) is 6.77. The fourth-order valence-electron chi connectivity index (χ4n) is 3.02. The minimum atomic E-state index is -0.342. The van der Waals surface area contributed by atoms with Gasteiger partial charge in [0.15, 0.2) is 17.5 Å². The van der Waals surface area contributed by atoms with Gasteiger partial charge in [-0.25, -0.2) is 4.39 Å². The molecule has 2 rings (SSSR count). The molecule has 0 spiro atoms. The minimum absolute atomic E-state index is 0. The van der Waals surface area contributed by atoms with Crippen LogP contribution >= 0.6 is 24.0 Å². The molecule has 1 heterocycles. The van der Waals surface area contributed by atoms with E-state index in [2.05, 4.69) is 41.3 Å². The first kappa shape index (κ1) is 23.0. The van der Waals surface area contributed by atoms with Crippen molar-refractivity contribution in [1.29, 1.82) is 0 Å². The number of aliphatic imine (C=N–C) groups is 1. The third-order valence-corrected chi connectivity index (χ3v) is 4.64. The van der Waals surface area contributed by atoms with Crippen LogP contribution in [0.5, 0.6) is 5.75 Å². The molecule has 7 heteroatoms. The van der Waals surface area contributed by atoms with Gasteiger partial charge in [-0.1, -0.05) is 19.1 Å². The Kier molecular flexibility index (Phi) is 9.63. The van der Waals surface area contributed by atoms with Crippen molar-refractivity contribution in [2.75, 3.05) is 26.7 Å². The second-order valence-corrected chi connectivity index (χ2v) is 7.09. The summed E-state index contributed by atoms with van der Waals surface area (Å²) in [6.07, 6.45) is -0.177. The lowest BCUT2D eigenvalue weighted by Crippen LogP contribution is -2.48. The first-order chi connectivity index (χ1) is 11.9. The van der Waals surface area contributed by atoms with Crippen molar-refractivity contribution in [1.82, 2.24) is 15.5 Å². The van der Waals surface area contributed by atoms with Crippen molar-refractivity contribution in [2.24, 2.45) is 10.9 Å². The molecule has 26 heavy (non-hydrogen) atoms. The summed E-state index contributed by atoms with van der Waals surface area (Å²) in [6, 6.07) is 7.38. The zero-order valence-corrected chi connectivity index (χ0v) is 18.7. The number of nitrogens with one attached hydrogen (secondary N) is 2. The van der Waals surface area contributed by atoms with E-state index in [1.165, 1.54) is 6.07 Å². The first-order valence-electron chi connectivity index (χ1n) is 9.03. The highest BCUT2D eigenvalue weighted by Crippen LogP contribution is 2.19. The van der Waals surface area contributed by atoms with Crippen molar-refractivity contribution in [3.8, 4) is 5.75 Å². The van der Waals surface area contributed by atoms with Crippen molar-refractivity contribution in [3.05, 3.63) is 30.1 Å². The number of likely N-dealkylation sites (tertiary alicyclic amines) is 1. The van der Waals surface area contributed by atoms with E-state index in [4.69, 9.17) is 4.74 Å². The van der Waals surface area contributed by atoms with Crippen molar-refractivity contribution in [2.45, 2.75) is 45.9 Å². The molecule has 1 saturated heterocycles. The Morgan fingerprint density at radius 2 is 2.00 bits per heavy atom. The number of halogens is 2. The molecule has 5 nitrogen and oxygen atoms in total. The number of benzene rings is 1. The van der Waals surface area contributed by atoms with E-state index in [1.54, 1.807) is 25.2 Å². The van der Waals surface area contributed by atoms with Crippen LogP contribution in [-0.4, -0.2) is 55.7 Å². The van der Waals surface area contributed by atoms with Gasteiger partial charge >= 0.3 is 0 Å². The zero-order chi connectivity index (χ0) is 18.4. The average molecular weight is 478 g/mol. The summed E-state index contributed by atoms with van der Waals surface area (Å²) < 4.78 is 19.3. The number of guanidine groups is 1. The second kappa shape index (κ2) is 10.9. The maximum Gasteiger partial charge on any atom is 0.191 e. The fourth-order valence-corrected chi connectivity index (χ4v) is 3.02. The van der Waals surface area contributed by atoms with Crippen LogP contribution in [-0.2, 0) is 0 Å². The molecular weight excluding hydrogens is 446 g/mol. The molecular formula is C19H32FIN4O. The van der Waals surface area contributed by atoms with Crippen LogP contribution in [0.4, 0.5) is 4.39 Å². The molecule has 3 atom stereocenters. The summed E-state index contributed by atoms with van der Waals surface area (Å²) in [6.45, 7) is 11.3. The highest BCUT2D eigenvalue weighted by atomic mass is 127. The van der Waals surface area contributed by atoms with E-state index >= 15 is 0 Å². The molecule has 0 aromatic heterocycles. The van der Waals surface area contributed by atoms with Gasteiger partial charge in [-0.3, -0.25) is 9.89 Å². The van der Waals surface area contributed by atoms with Crippen LogP contribution in [0.1, 0.15) is 27.7 Å². The SMILES string of the molecule is CN=C(NCC(C)Oc1ccccc1F)NC1CN(C(C)C)CC1C.I. The van der Waals surface area contributed by atoms with E-state index in [0.717, 1.165) is 19.0 Å². The normalized spacial score (nSPS) is 22.0. The Bertz CT molecular complexity index is 584. The summed E-state index contributed by atoms with van der Waals surface area (Å²) in [5.41, 5.74) is 0. The van der Waals surface area contributed by atoms with Gasteiger partial charge in [0.1, 0.15) is 6.10 Å². The first-order valence-corrected chi connectivity index (χ1v) is 9.03. The maximum absolute atomic E-state index is 13.6. The summed E-state index contributed by atoms with van der Waals surface area (Å²) in [5, 5.41) is 6.77. The number of hydrogen-bond acceptors (Lipinski definition) is 3. The lowest BCUT2D eigenvalue weighted by molar-refractivity contribution is 0.213. The van der Waals surface area contributed by atoms with Gasteiger partial charge in [0.25, 0.3) is 0 Å². The minimum Gasteiger partial charge on any atom is -0.486 e. The molecule has 1 aromatic rings. The molecule has 0 saturated carbocycles. The van der Waals surface area contributed by atoms with E-state index < -0.39 is 0 Å². The maximum atomic E-state index is 13.6. The predicted molar refractivity (Wildman–Crippen MR) is 116 cm³/mol. The number of ether oxygens (including phenoxy) is 1. The standard InChI is InChI=1S/C19H31FN4O.HI/c1-13(2)24-11-14(3)17(12-24)23-19(21-5)22-10-15(4)25-18-9-7-6-8-16(18)20;/h6-9,13-15,17H,10-12H2,1-5H3,(H2,21,22,23);1H. The Morgan fingerprint density at radius 3 is 2.58 bits per heavy atom. The third-order valence-electron chi connectivity index (χ3n) is 4.64. The van der Waals surface area contributed by atoms with Crippen LogP contribution in [0.25, 0.3) is 0 Å². The summed E-state index contributed by atoms with van der Waals surface area (Å²) >= 11 is 0. The van der Waals surface area contributed by atoms with Gasteiger partial charge in [0, 0.05) is 32.2 Å². The van der Waals surface area contributed by atoms with Gasteiger partial charge in [-0.2, -0.15) is 0 Å². The van der Waals surface area contributed by atoms with Crippen LogP contribution in [0.15, 0.2) is 29.3 Å². The molecule has 0 amide bonds. The molecule has 0 radical (unpaired) electrons. The zero-order valence-electron chi connectivity index (χ0n) is 16.3. The Balaban J connectivity index is 0.00000338. The van der Waals surface area contributed by atoms with Crippen LogP contribution in [0.2, 0.25) is 0 Å². The van der Waals surface area contributed by atoms with E-state index in [-0.39, 0.29) is 41.6 Å². The average Bonchev–Trinajstić information content (AvgIpc) is 2.94. The van der Waals surface area contributed by atoms with Gasteiger partial charge in [0.05, 0.1) is 6.54 Å². The van der Waals surface area contributed by atoms with Crippen LogP contribution in [0, 0.1) is 11.7 Å². The second-order valence-electron chi connectivity index (χ2n) is 7.09. The van der Waals surface area contributed by atoms with Gasteiger partial charge in [0.2, 0.25) is 0 Å². The van der Waals surface area contributed by atoms with Gasteiger partial charge < -0.3 is 15.4 Å². The third kappa shape index (κ3) is 6.57. The molecule has 0 aliphatic carbocycles. The number of nitrogens with zero attached hydrogens (tertiary/aromatic N) is 2. The smallest absolute Gasteiger partial charge is 0.191 e. The topological polar surface area (TPSA) is 48.9 Å².